The van der Waals surface area contributed by atoms with Crippen LogP contribution in [0.15, 0.2) is 170 Å². The molecule has 0 N–H and O–H groups in total. The van der Waals surface area contributed by atoms with Crippen molar-refractivity contribution in [2.75, 3.05) is 0 Å². The molecular weight excluding hydrogens is 629 g/mol. The molecule has 2 nitrogen and oxygen atoms in total. The molecule has 246 valence electrons. The summed E-state index contributed by atoms with van der Waals surface area (Å²) in [4.78, 5) is 10.1. The Morgan fingerprint density at radius 3 is 1.60 bits per heavy atom. The van der Waals surface area contributed by atoms with Crippen molar-refractivity contribution in [2.45, 2.75) is 25.7 Å². The zero-order chi connectivity index (χ0) is 34.8. The second-order valence-electron chi connectivity index (χ2n) is 14.6. The van der Waals surface area contributed by atoms with Gasteiger partial charge in [0, 0.05) is 22.1 Å². The van der Waals surface area contributed by atoms with Gasteiger partial charge in [0.15, 0.2) is 5.82 Å². The molecule has 0 saturated carbocycles. The SMILES string of the molecule is CC1(C)c2ccccc2-c2ccc(-c3ccc4c(c3)-c3cc(-c5cccc(-c6cc(-c7ccccc7)nc(-c7ccccc7)n6)c5)ccc3C4)cc21. The van der Waals surface area contributed by atoms with E-state index in [1.165, 1.54) is 66.8 Å². The summed E-state index contributed by atoms with van der Waals surface area (Å²) >= 11 is 0. The summed E-state index contributed by atoms with van der Waals surface area (Å²) in [6.45, 7) is 4.71. The van der Waals surface area contributed by atoms with E-state index >= 15 is 0 Å². The van der Waals surface area contributed by atoms with Crippen LogP contribution in [-0.2, 0) is 11.8 Å². The first-order valence-electron chi connectivity index (χ1n) is 18.1. The van der Waals surface area contributed by atoms with E-state index in [4.69, 9.17) is 9.97 Å². The fourth-order valence-corrected chi connectivity index (χ4v) is 8.34. The summed E-state index contributed by atoms with van der Waals surface area (Å²) in [6, 6.07) is 61.4. The molecule has 0 unspecified atom stereocenters. The third-order valence-corrected chi connectivity index (χ3v) is 11.1. The van der Waals surface area contributed by atoms with Gasteiger partial charge in [-0.25, -0.2) is 9.97 Å². The molecule has 0 radical (unpaired) electrons. The first-order valence-corrected chi connectivity index (χ1v) is 18.1. The number of rotatable bonds is 5. The third-order valence-electron chi connectivity index (χ3n) is 11.1. The lowest BCUT2D eigenvalue weighted by Gasteiger charge is -2.22. The van der Waals surface area contributed by atoms with E-state index in [9.17, 15) is 0 Å². The van der Waals surface area contributed by atoms with Crippen LogP contribution < -0.4 is 0 Å². The lowest BCUT2D eigenvalue weighted by atomic mass is 9.81. The third kappa shape index (κ3) is 5.02. The summed E-state index contributed by atoms with van der Waals surface area (Å²) < 4.78 is 0. The first-order chi connectivity index (χ1) is 25.5. The van der Waals surface area contributed by atoms with Crippen molar-refractivity contribution in [3.05, 3.63) is 192 Å². The molecule has 0 saturated heterocycles. The van der Waals surface area contributed by atoms with Gasteiger partial charge in [-0.2, -0.15) is 0 Å². The van der Waals surface area contributed by atoms with Crippen molar-refractivity contribution < 1.29 is 0 Å². The summed E-state index contributed by atoms with van der Waals surface area (Å²) in [5.41, 5.74) is 20.8. The maximum atomic E-state index is 5.09. The molecule has 7 aromatic carbocycles. The largest absolute Gasteiger partial charge is 0.228 e. The molecule has 0 fully saturated rings. The van der Waals surface area contributed by atoms with E-state index in [0.717, 1.165) is 40.3 Å². The summed E-state index contributed by atoms with van der Waals surface area (Å²) in [5, 5.41) is 0. The van der Waals surface area contributed by atoms with Crippen molar-refractivity contribution in [1.82, 2.24) is 9.97 Å². The van der Waals surface area contributed by atoms with Gasteiger partial charge in [-0.05, 0) is 104 Å². The fraction of sp³-hybridized carbons (Fsp3) is 0.0800. The molecule has 8 aromatic rings. The van der Waals surface area contributed by atoms with Crippen LogP contribution in [0, 0.1) is 0 Å². The van der Waals surface area contributed by atoms with Crippen LogP contribution in [0.2, 0.25) is 0 Å². The van der Waals surface area contributed by atoms with Gasteiger partial charge < -0.3 is 0 Å². The second kappa shape index (κ2) is 11.9. The molecule has 1 aromatic heterocycles. The molecule has 2 aliphatic carbocycles. The molecule has 1 heterocycles. The molecule has 0 aliphatic heterocycles. The zero-order valence-corrected chi connectivity index (χ0v) is 29.3. The standard InChI is InChI=1S/C50H36N2/c1-50(2)45-19-10-9-18-41(45)42-25-24-37(30-46(42)50)36-21-23-39-27-38-22-20-35(28-43(38)44(39)29-36)34-16-11-17-40(26-34)48-31-47(32-12-5-3-6-13-32)51-49(52-48)33-14-7-4-8-15-33/h3-26,28-31H,27H2,1-2H3. The van der Waals surface area contributed by atoms with Gasteiger partial charge in [0.05, 0.1) is 11.4 Å². The maximum Gasteiger partial charge on any atom is 0.160 e. The van der Waals surface area contributed by atoms with E-state index in [-0.39, 0.29) is 5.41 Å². The second-order valence-corrected chi connectivity index (χ2v) is 14.6. The molecule has 0 atom stereocenters. The molecule has 0 spiro atoms. The van der Waals surface area contributed by atoms with Gasteiger partial charge in [0.1, 0.15) is 0 Å². The van der Waals surface area contributed by atoms with Crippen molar-refractivity contribution in [3.8, 4) is 78.4 Å². The monoisotopic (exact) mass is 664 g/mol. The van der Waals surface area contributed by atoms with E-state index in [0.29, 0.717) is 0 Å². The highest BCUT2D eigenvalue weighted by Gasteiger charge is 2.35. The number of hydrogen-bond donors (Lipinski definition) is 0. The molecular formula is C50H36N2. The van der Waals surface area contributed by atoms with Crippen LogP contribution in [0.3, 0.4) is 0 Å². The molecule has 2 heteroatoms. The minimum absolute atomic E-state index is 0.0211. The van der Waals surface area contributed by atoms with Crippen LogP contribution in [0.4, 0.5) is 0 Å². The van der Waals surface area contributed by atoms with Crippen molar-refractivity contribution >= 4 is 0 Å². The average Bonchev–Trinajstić information content (AvgIpc) is 3.69. The van der Waals surface area contributed by atoms with Crippen molar-refractivity contribution in [3.63, 3.8) is 0 Å². The number of benzene rings is 7. The quantitative estimate of drug-likeness (QED) is 0.183. The Balaban J connectivity index is 1.02. The minimum Gasteiger partial charge on any atom is -0.228 e. The van der Waals surface area contributed by atoms with Gasteiger partial charge in [-0.1, -0.05) is 153 Å². The van der Waals surface area contributed by atoms with Gasteiger partial charge in [-0.3, -0.25) is 0 Å². The predicted molar refractivity (Wildman–Crippen MR) is 215 cm³/mol. The normalized spacial score (nSPS) is 13.3. The van der Waals surface area contributed by atoms with Crippen LogP contribution in [0.1, 0.15) is 36.1 Å². The van der Waals surface area contributed by atoms with Crippen LogP contribution in [-0.4, -0.2) is 9.97 Å². The van der Waals surface area contributed by atoms with Crippen molar-refractivity contribution in [1.29, 1.82) is 0 Å². The Bertz CT molecular complexity index is 2610. The van der Waals surface area contributed by atoms with Crippen LogP contribution in [0.25, 0.3) is 78.4 Å². The van der Waals surface area contributed by atoms with Crippen molar-refractivity contribution in [2.24, 2.45) is 0 Å². The lowest BCUT2D eigenvalue weighted by Crippen LogP contribution is -2.14. The van der Waals surface area contributed by atoms with Gasteiger partial charge in [0.2, 0.25) is 0 Å². The Hall–Kier alpha value is -6.38. The highest BCUT2D eigenvalue weighted by molar-refractivity contribution is 5.88. The maximum absolute atomic E-state index is 5.09. The van der Waals surface area contributed by atoms with E-state index in [2.05, 4.69) is 159 Å². The molecule has 10 rings (SSSR count). The predicted octanol–water partition coefficient (Wildman–Crippen LogP) is 12.7. The minimum atomic E-state index is -0.0211. The zero-order valence-electron chi connectivity index (χ0n) is 29.3. The van der Waals surface area contributed by atoms with Crippen LogP contribution in [0.5, 0.6) is 0 Å². The van der Waals surface area contributed by atoms with Gasteiger partial charge >= 0.3 is 0 Å². The van der Waals surface area contributed by atoms with E-state index in [1.54, 1.807) is 0 Å². The van der Waals surface area contributed by atoms with Gasteiger partial charge in [0.25, 0.3) is 0 Å². The number of fused-ring (bicyclic) bond motifs is 6. The summed E-state index contributed by atoms with van der Waals surface area (Å²) in [5.74, 6) is 0.726. The Morgan fingerprint density at radius 1 is 0.365 bits per heavy atom. The lowest BCUT2D eigenvalue weighted by molar-refractivity contribution is 0.660. The van der Waals surface area contributed by atoms with Crippen LogP contribution >= 0.6 is 0 Å². The summed E-state index contributed by atoms with van der Waals surface area (Å²) in [6.07, 6.45) is 0.962. The Labute approximate surface area is 305 Å². The highest BCUT2D eigenvalue weighted by atomic mass is 14.9. The topological polar surface area (TPSA) is 25.8 Å². The Kier molecular flexibility index (Phi) is 6.94. The smallest absolute Gasteiger partial charge is 0.160 e. The summed E-state index contributed by atoms with van der Waals surface area (Å²) in [7, 11) is 0. The molecule has 2 aliphatic rings. The molecule has 0 amide bonds. The number of nitrogens with zero attached hydrogens (tertiary/aromatic N) is 2. The molecule has 52 heavy (non-hydrogen) atoms. The Morgan fingerprint density at radius 2 is 0.885 bits per heavy atom. The number of hydrogen-bond acceptors (Lipinski definition) is 2. The van der Waals surface area contributed by atoms with Gasteiger partial charge in [-0.15, -0.1) is 0 Å². The first kappa shape index (κ1) is 30.4. The van der Waals surface area contributed by atoms with E-state index in [1.807, 2.05) is 24.3 Å². The number of aromatic nitrogens is 2. The average molecular weight is 665 g/mol. The van der Waals surface area contributed by atoms with E-state index < -0.39 is 0 Å². The highest BCUT2D eigenvalue weighted by Crippen LogP contribution is 2.50. The molecule has 0 bridgehead atoms. The fourth-order valence-electron chi connectivity index (χ4n) is 8.34.